The van der Waals surface area contributed by atoms with Crippen LogP contribution in [0.1, 0.15) is 23.4 Å². The smallest absolute Gasteiger partial charge is 0.319 e. The second-order valence-corrected chi connectivity index (χ2v) is 8.00. The maximum Gasteiger partial charge on any atom is 0.319 e. The monoisotopic (exact) mass is 387 g/mol. The lowest BCUT2D eigenvalue weighted by Gasteiger charge is -2.33. The van der Waals surface area contributed by atoms with Crippen molar-refractivity contribution in [1.29, 1.82) is 0 Å². The molecule has 1 aromatic carbocycles. The highest BCUT2D eigenvalue weighted by atomic mass is 32.1. The van der Waals surface area contributed by atoms with E-state index in [1.165, 1.54) is 16.9 Å². The Bertz CT molecular complexity index is 777. The molecule has 1 aliphatic rings. The number of aryl methyl sites for hydroxylation is 2. The Labute approximate surface area is 163 Å². The first-order valence-corrected chi connectivity index (χ1v) is 9.98. The fraction of sp³-hybridized carbons (Fsp3) is 0.474. The Morgan fingerprint density at radius 3 is 2.74 bits per heavy atom. The molecule has 0 saturated carbocycles. The summed E-state index contributed by atoms with van der Waals surface area (Å²) in [7, 11) is 3.45. The van der Waals surface area contributed by atoms with E-state index < -0.39 is 0 Å². The van der Waals surface area contributed by atoms with Gasteiger partial charge in [-0.15, -0.1) is 10.2 Å². The van der Waals surface area contributed by atoms with Gasteiger partial charge in [0.05, 0.1) is 5.92 Å². The summed E-state index contributed by atoms with van der Waals surface area (Å²) in [6, 6.07) is 10.2. The van der Waals surface area contributed by atoms with Crippen LogP contribution in [-0.4, -0.2) is 59.1 Å². The zero-order chi connectivity index (χ0) is 19.2. The van der Waals surface area contributed by atoms with Crippen molar-refractivity contribution in [2.75, 3.05) is 32.5 Å². The number of piperidine rings is 1. The van der Waals surface area contributed by atoms with Gasteiger partial charge in [-0.25, -0.2) is 4.79 Å². The minimum absolute atomic E-state index is 0.0494. The first-order valence-electron chi connectivity index (χ1n) is 9.16. The van der Waals surface area contributed by atoms with Crippen molar-refractivity contribution in [3.05, 3.63) is 40.9 Å². The molecular formula is C19H25N5O2S. The molecule has 8 heteroatoms. The van der Waals surface area contributed by atoms with E-state index in [1.54, 1.807) is 23.9 Å². The number of anilines is 1. The highest BCUT2D eigenvalue weighted by Crippen LogP contribution is 2.22. The number of nitrogens with one attached hydrogen (secondary N) is 1. The van der Waals surface area contributed by atoms with Crippen LogP contribution in [0, 0.1) is 5.92 Å². The standard InChI is InChI=1S/C19H25N5O2S/c1-23(2)19(26)24-12-6-9-15(13-24)17(25)20-18-22-21-16(27-18)11-10-14-7-4-3-5-8-14/h3-5,7-8,15H,6,9-13H2,1-2H3,(H,20,22,25)/t15-/m1/s1. The molecule has 1 saturated heterocycles. The molecule has 1 N–H and O–H groups in total. The van der Waals surface area contributed by atoms with Crippen LogP contribution in [0.5, 0.6) is 0 Å². The predicted octanol–water partition coefficient (Wildman–Crippen LogP) is 2.66. The van der Waals surface area contributed by atoms with Crippen LogP contribution in [-0.2, 0) is 17.6 Å². The van der Waals surface area contributed by atoms with Crippen molar-refractivity contribution < 1.29 is 9.59 Å². The number of urea groups is 1. The summed E-state index contributed by atoms with van der Waals surface area (Å²) < 4.78 is 0. The number of aromatic nitrogens is 2. The lowest BCUT2D eigenvalue weighted by Crippen LogP contribution is -2.47. The predicted molar refractivity (Wildman–Crippen MR) is 106 cm³/mol. The third-order valence-electron chi connectivity index (χ3n) is 4.61. The van der Waals surface area contributed by atoms with Crippen LogP contribution in [0.4, 0.5) is 9.93 Å². The number of hydrogen-bond donors (Lipinski definition) is 1. The molecule has 144 valence electrons. The first-order chi connectivity index (χ1) is 13.0. The van der Waals surface area contributed by atoms with Gasteiger partial charge >= 0.3 is 6.03 Å². The number of hydrogen-bond acceptors (Lipinski definition) is 5. The lowest BCUT2D eigenvalue weighted by atomic mass is 9.97. The Balaban J connectivity index is 1.52. The summed E-state index contributed by atoms with van der Waals surface area (Å²) in [6.07, 6.45) is 3.30. The van der Waals surface area contributed by atoms with E-state index in [4.69, 9.17) is 0 Å². The Hall–Kier alpha value is -2.48. The SMILES string of the molecule is CN(C)C(=O)N1CCC[C@@H](C(=O)Nc2nnc(CCc3ccccc3)s2)C1. The number of rotatable bonds is 5. The number of carbonyl (C=O) groups is 2. The Morgan fingerprint density at radius 1 is 1.22 bits per heavy atom. The second kappa shape index (κ2) is 8.94. The Morgan fingerprint density at radius 2 is 2.00 bits per heavy atom. The minimum Gasteiger partial charge on any atom is -0.331 e. The fourth-order valence-electron chi connectivity index (χ4n) is 3.16. The summed E-state index contributed by atoms with van der Waals surface area (Å²) in [5, 5.41) is 12.6. The Kier molecular flexibility index (Phi) is 6.39. The van der Waals surface area contributed by atoms with Gasteiger partial charge in [0.1, 0.15) is 5.01 Å². The highest BCUT2D eigenvalue weighted by Gasteiger charge is 2.29. The molecule has 7 nitrogen and oxygen atoms in total. The number of carbonyl (C=O) groups excluding carboxylic acids is 2. The molecule has 1 aliphatic heterocycles. The van der Waals surface area contributed by atoms with Crippen LogP contribution in [0.25, 0.3) is 0 Å². The van der Waals surface area contributed by atoms with Gasteiger partial charge in [0.15, 0.2) is 0 Å². The third kappa shape index (κ3) is 5.26. The molecule has 0 aliphatic carbocycles. The van der Waals surface area contributed by atoms with Crippen LogP contribution >= 0.6 is 11.3 Å². The molecule has 0 spiro atoms. The normalized spacial score (nSPS) is 16.8. The summed E-state index contributed by atoms with van der Waals surface area (Å²) >= 11 is 1.41. The first kappa shape index (κ1) is 19.3. The summed E-state index contributed by atoms with van der Waals surface area (Å²) in [6.45, 7) is 1.14. The quantitative estimate of drug-likeness (QED) is 0.855. The van der Waals surface area contributed by atoms with Gasteiger partial charge in [0.25, 0.3) is 0 Å². The average molecular weight is 388 g/mol. The highest BCUT2D eigenvalue weighted by molar-refractivity contribution is 7.15. The number of amides is 3. The second-order valence-electron chi connectivity index (χ2n) is 6.94. The van der Waals surface area contributed by atoms with Gasteiger partial charge in [-0.05, 0) is 24.8 Å². The lowest BCUT2D eigenvalue weighted by molar-refractivity contribution is -0.121. The van der Waals surface area contributed by atoms with Crippen LogP contribution < -0.4 is 5.32 Å². The minimum atomic E-state index is -0.209. The van der Waals surface area contributed by atoms with E-state index in [1.807, 2.05) is 18.2 Å². The summed E-state index contributed by atoms with van der Waals surface area (Å²) in [4.78, 5) is 28.0. The summed E-state index contributed by atoms with van der Waals surface area (Å²) in [5.74, 6) is -0.295. The van der Waals surface area contributed by atoms with Crippen molar-refractivity contribution in [1.82, 2.24) is 20.0 Å². The zero-order valence-corrected chi connectivity index (χ0v) is 16.5. The van der Waals surface area contributed by atoms with Crippen molar-refractivity contribution >= 4 is 28.4 Å². The van der Waals surface area contributed by atoms with Gasteiger partial charge < -0.3 is 15.1 Å². The molecular weight excluding hydrogens is 362 g/mol. The number of benzene rings is 1. The summed E-state index contributed by atoms with van der Waals surface area (Å²) in [5.41, 5.74) is 1.26. The van der Waals surface area contributed by atoms with Gasteiger partial charge in [0.2, 0.25) is 11.0 Å². The number of nitrogens with zero attached hydrogens (tertiary/aromatic N) is 4. The molecule has 0 unspecified atom stereocenters. The van der Waals surface area contributed by atoms with E-state index in [9.17, 15) is 9.59 Å². The molecule has 0 bridgehead atoms. The van der Waals surface area contributed by atoms with Crippen molar-refractivity contribution in [3.63, 3.8) is 0 Å². The molecule has 2 aromatic rings. The molecule has 2 heterocycles. The topological polar surface area (TPSA) is 78.4 Å². The third-order valence-corrected chi connectivity index (χ3v) is 5.51. The molecule has 27 heavy (non-hydrogen) atoms. The van der Waals surface area contributed by atoms with Crippen molar-refractivity contribution in [3.8, 4) is 0 Å². The van der Waals surface area contributed by atoms with Gasteiger partial charge in [-0.2, -0.15) is 0 Å². The van der Waals surface area contributed by atoms with Crippen LogP contribution in [0.2, 0.25) is 0 Å². The maximum absolute atomic E-state index is 12.6. The maximum atomic E-state index is 12.6. The van der Waals surface area contributed by atoms with E-state index in [0.717, 1.165) is 30.7 Å². The molecule has 1 fully saturated rings. The largest absolute Gasteiger partial charge is 0.331 e. The van der Waals surface area contributed by atoms with Crippen molar-refractivity contribution in [2.45, 2.75) is 25.7 Å². The van der Waals surface area contributed by atoms with Gasteiger partial charge in [0, 0.05) is 33.6 Å². The fourth-order valence-corrected chi connectivity index (χ4v) is 3.90. The number of likely N-dealkylation sites (tertiary alicyclic amines) is 1. The van der Waals surface area contributed by atoms with E-state index >= 15 is 0 Å². The molecule has 1 aromatic heterocycles. The molecule has 3 amide bonds. The zero-order valence-electron chi connectivity index (χ0n) is 15.7. The van der Waals surface area contributed by atoms with E-state index in [-0.39, 0.29) is 17.9 Å². The van der Waals surface area contributed by atoms with Crippen LogP contribution in [0.15, 0.2) is 30.3 Å². The molecule has 3 rings (SSSR count). The van der Waals surface area contributed by atoms with E-state index in [0.29, 0.717) is 18.2 Å². The van der Waals surface area contributed by atoms with Gasteiger partial charge in [-0.1, -0.05) is 41.7 Å². The molecule has 0 radical (unpaired) electrons. The van der Waals surface area contributed by atoms with Crippen LogP contribution in [0.3, 0.4) is 0 Å². The molecule has 1 atom stereocenters. The van der Waals surface area contributed by atoms with Crippen molar-refractivity contribution in [2.24, 2.45) is 5.92 Å². The average Bonchev–Trinajstić information content (AvgIpc) is 3.14. The van der Waals surface area contributed by atoms with Gasteiger partial charge in [-0.3, -0.25) is 4.79 Å². The van der Waals surface area contributed by atoms with E-state index in [2.05, 4.69) is 27.6 Å².